The van der Waals surface area contributed by atoms with Crippen LogP contribution in [0.3, 0.4) is 0 Å². The molecule has 0 N–H and O–H groups in total. The topological polar surface area (TPSA) is 76.2 Å². The van der Waals surface area contributed by atoms with Crippen LogP contribution in [0, 0.1) is 5.92 Å². The quantitative estimate of drug-likeness (QED) is 0.723. The molecule has 0 aromatic rings. The molecular formula is C17H30N2O5S. The van der Waals surface area contributed by atoms with Crippen molar-refractivity contribution < 1.29 is 22.7 Å². The first-order valence-corrected chi connectivity index (χ1v) is 11.2. The molecule has 3 aliphatic heterocycles. The lowest BCUT2D eigenvalue weighted by atomic mass is 9.95. The number of ether oxygens (including phenoxy) is 2. The van der Waals surface area contributed by atoms with Gasteiger partial charge < -0.3 is 14.4 Å². The third kappa shape index (κ3) is 4.35. The van der Waals surface area contributed by atoms with E-state index in [1.807, 2.05) is 11.8 Å². The van der Waals surface area contributed by atoms with Crippen molar-refractivity contribution in [1.82, 2.24) is 9.21 Å². The number of rotatable bonds is 5. The molecule has 0 bridgehead atoms. The number of carbonyl (C=O) groups is 1. The molecule has 3 fully saturated rings. The molecule has 1 amide bonds. The lowest BCUT2D eigenvalue weighted by Gasteiger charge is -2.39. The van der Waals surface area contributed by atoms with Crippen LogP contribution in [0.2, 0.25) is 0 Å². The fraction of sp³-hybridized carbons (Fsp3) is 0.941. The van der Waals surface area contributed by atoms with Crippen LogP contribution in [0.4, 0.5) is 0 Å². The molecular weight excluding hydrogens is 344 g/mol. The predicted octanol–water partition coefficient (Wildman–Crippen LogP) is 1.19. The predicted molar refractivity (Wildman–Crippen MR) is 93.4 cm³/mol. The smallest absolute Gasteiger partial charge is 0.241 e. The average Bonchev–Trinajstić information content (AvgIpc) is 3.16. The van der Waals surface area contributed by atoms with Gasteiger partial charge in [0.15, 0.2) is 6.29 Å². The minimum Gasteiger partial charge on any atom is -0.350 e. The van der Waals surface area contributed by atoms with Crippen LogP contribution < -0.4 is 0 Å². The van der Waals surface area contributed by atoms with E-state index in [4.69, 9.17) is 9.47 Å². The molecule has 144 valence electrons. The van der Waals surface area contributed by atoms with Crippen LogP contribution in [-0.2, 0) is 24.3 Å². The highest BCUT2D eigenvalue weighted by Gasteiger charge is 2.40. The highest BCUT2D eigenvalue weighted by atomic mass is 32.2. The van der Waals surface area contributed by atoms with Crippen LogP contribution in [0.25, 0.3) is 0 Å². The second kappa shape index (κ2) is 8.33. The standard InChI is InChI=1S/C17H30N2O5S/c1-2-13-25(21,22)19-8-4-3-5-15(19)16(20)18-9-6-14(7-10-18)17-23-11-12-24-17/h14-15,17H,2-13H2,1H3. The number of likely N-dealkylation sites (tertiary alicyclic amines) is 1. The Kier molecular flexibility index (Phi) is 6.35. The monoisotopic (exact) mass is 374 g/mol. The molecule has 7 nitrogen and oxygen atoms in total. The second-order valence-electron chi connectivity index (χ2n) is 7.21. The minimum absolute atomic E-state index is 0.0221. The van der Waals surface area contributed by atoms with Crippen LogP contribution in [0.15, 0.2) is 0 Å². The number of carbonyl (C=O) groups excluding carboxylic acids is 1. The molecule has 25 heavy (non-hydrogen) atoms. The van der Waals surface area contributed by atoms with E-state index in [0.29, 0.717) is 51.6 Å². The van der Waals surface area contributed by atoms with Crippen LogP contribution in [0.1, 0.15) is 45.4 Å². The summed E-state index contributed by atoms with van der Waals surface area (Å²) in [5, 5.41) is 0. The van der Waals surface area contributed by atoms with Crippen molar-refractivity contribution in [3.05, 3.63) is 0 Å². The molecule has 0 spiro atoms. The summed E-state index contributed by atoms with van der Waals surface area (Å²) in [6, 6.07) is -0.513. The lowest BCUT2D eigenvalue weighted by molar-refractivity contribution is -0.141. The van der Waals surface area contributed by atoms with Gasteiger partial charge in [-0.15, -0.1) is 0 Å². The van der Waals surface area contributed by atoms with Gasteiger partial charge in [0.25, 0.3) is 0 Å². The largest absolute Gasteiger partial charge is 0.350 e. The SMILES string of the molecule is CCCS(=O)(=O)N1CCCCC1C(=O)N1CCC(C2OCCO2)CC1. The van der Waals surface area contributed by atoms with Gasteiger partial charge in [-0.25, -0.2) is 8.42 Å². The Morgan fingerprint density at radius 1 is 1.04 bits per heavy atom. The number of piperidine rings is 2. The molecule has 0 radical (unpaired) electrons. The zero-order valence-electron chi connectivity index (χ0n) is 15.1. The van der Waals surface area contributed by atoms with Gasteiger partial charge >= 0.3 is 0 Å². The number of amides is 1. The number of hydrogen-bond acceptors (Lipinski definition) is 5. The van der Waals surface area contributed by atoms with Crippen molar-refractivity contribution in [2.24, 2.45) is 5.92 Å². The van der Waals surface area contributed by atoms with Gasteiger partial charge in [0.1, 0.15) is 6.04 Å². The Balaban J connectivity index is 1.61. The van der Waals surface area contributed by atoms with Gasteiger partial charge in [0.05, 0.1) is 19.0 Å². The van der Waals surface area contributed by atoms with E-state index >= 15 is 0 Å². The summed E-state index contributed by atoms with van der Waals surface area (Å²) in [7, 11) is -3.34. The molecule has 0 saturated carbocycles. The van der Waals surface area contributed by atoms with Crippen molar-refractivity contribution >= 4 is 15.9 Å². The van der Waals surface area contributed by atoms with E-state index in [1.165, 1.54) is 4.31 Å². The highest BCUT2D eigenvalue weighted by Crippen LogP contribution is 2.28. The maximum absolute atomic E-state index is 13.0. The van der Waals surface area contributed by atoms with Gasteiger partial charge in [0.2, 0.25) is 15.9 Å². The first-order chi connectivity index (χ1) is 12.0. The second-order valence-corrected chi connectivity index (χ2v) is 9.25. The number of hydrogen-bond donors (Lipinski definition) is 0. The Morgan fingerprint density at radius 3 is 2.36 bits per heavy atom. The zero-order chi connectivity index (χ0) is 17.9. The third-order valence-electron chi connectivity index (χ3n) is 5.44. The summed E-state index contributed by atoms with van der Waals surface area (Å²) in [6.45, 7) is 4.94. The Hall–Kier alpha value is -0.700. The van der Waals surface area contributed by atoms with Crippen LogP contribution in [-0.4, -0.2) is 74.5 Å². The van der Waals surface area contributed by atoms with E-state index in [0.717, 1.165) is 25.7 Å². The molecule has 3 heterocycles. The van der Waals surface area contributed by atoms with Gasteiger partial charge in [-0.3, -0.25) is 4.79 Å². The van der Waals surface area contributed by atoms with Crippen molar-refractivity contribution in [2.75, 3.05) is 38.6 Å². The molecule has 3 saturated heterocycles. The fourth-order valence-corrected chi connectivity index (χ4v) is 5.85. The molecule has 0 aliphatic carbocycles. The maximum atomic E-state index is 13.0. The van der Waals surface area contributed by atoms with E-state index in [1.54, 1.807) is 0 Å². The molecule has 3 aliphatic rings. The maximum Gasteiger partial charge on any atom is 0.241 e. The third-order valence-corrected chi connectivity index (χ3v) is 7.52. The van der Waals surface area contributed by atoms with Crippen LogP contribution >= 0.6 is 0 Å². The molecule has 1 atom stereocenters. The van der Waals surface area contributed by atoms with E-state index in [9.17, 15) is 13.2 Å². The molecule has 0 aromatic carbocycles. The zero-order valence-corrected chi connectivity index (χ0v) is 15.9. The first kappa shape index (κ1) is 19.1. The minimum atomic E-state index is -3.34. The number of sulfonamides is 1. The van der Waals surface area contributed by atoms with Gasteiger partial charge in [-0.1, -0.05) is 13.3 Å². The summed E-state index contributed by atoms with van der Waals surface area (Å²) in [5.74, 6) is 0.429. The van der Waals surface area contributed by atoms with E-state index < -0.39 is 16.1 Å². The van der Waals surface area contributed by atoms with E-state index in [2.05, 4.69) is 0 Å². The summed E-state index contributed by atoms with van der Waals surface area (Å²) >= 11 is 0. The molecule has 0 aromatic heterocycles. The molecule has 8 heteroatoms. The van der Waals surface area contributed by atoms with E-state index in [-0.39, 0.29) is 18.0 Å². The Labute approximate surface area is 150 Å². The van der Waals surface area contributed by atoms with Gasteiger partial charge in [0, 0.05) is 25.6 Å². The number of nitrogens with zero attached hydrogens (tertiary/aromatic N) is 2. The van der Waals surface area contributed by atoms with Crippen molar-refractivity contribution in [1.29, 1.82) is 0 Å². The van der Waals surface area contributed by atoms with Crippen molar-refractivity contribution in [2.45, 2.75) is 57.8 Å². The molecule has 3 rings (SSSR count). The van der Waals surface area contributed by atoms with Gasteiger partial charge in [-0.2, -0.15) is 4.31 Å². The molecule has 1 unspecified atom stereocenters. The summed E-state index contributed by atoms with van der Waals surface area (Å²) < 4.78 is 37.7. The van der Waals surface area contributed by atoms with Gasteiger partial charge in [-0.05, 0) is 32.1 Å². The Bertz CT molecular complexity index is 553. The summed E-state index contributed by atoms with van der Waals surface area (Å²) in [4.78, 5) is 14.8. The van der Waals surface area contributed by atoms with Crippen molar-refractivity contribution in [3.8, 4) is 0 Å². The summed E-state index contributed by atoms with van der Waals surface area (Å²) in [6.07, 6.45) is 4.53. The Morgan fingerprint density at radius 2 is 1.72 bits per heavy atom. The summed E-state index contributed by atoms with van der Waals surface area (Å²) in [5.41, 5.74) is 0. The average molecular weight is 375 g/mol. The first-order valence-electron chi connectivity index (χ1n) is 9.54. The van der Waals surface area contributed by atoms with Crippen molar-refractivity contribution in [3.63, 3.8) is 0 Å². The van der Waals surface area contributed by atoms with Crippen LogP contribution in [0.5, 0.6) is 0 Å². The normalized spacial score (nSPS) is 27.7. The fourth-order valence-electron chi connectivity index (χ4n) is 4.11. The highest BCUT2D eigenvalue weighted by molar-refractivity contribution is 7.89. The lowest BCUT2D eigenvalue weighted by Crippen LogP contribution is -2.55.